The zero-order chi connectivity index (χ0) is 24.1. The number of benzene rings is 2. The average molecular weight is 460 g/mol. The first kappa shape index (κ1) is 22.8. The number of fused-ring (bicyclic) bond motifs is 1. The third-order valence-corrected chi connectivity index (χ3v) is 5.15. The lowest BCUT2D eigenvalue weighted by atomic mass is 10.2. The second kappa shape index (κ2) is 10.1. The summed E-state index contributed by atoms with van der Waals surface area (Å²) >= 11 is 0. The number of methoxy groups -OCH3 is 1. The van der Waals surface area contributed by atoms with E-state index >= 15 is 0 Å². The second-order valence-electron chi connectivity index (χ2n) is 7.80. The summed E-state index contributed by atoms with van der Waals surface area (Å²) in [6, 6.07) is 17.5. The number of nitrogens with zero attached hydrogens (tertiary/aromatic N) is 2. The molecule has 2 heterocycles. The van der Waals surface area contributed by atoms with Crippen LogP contribution < -0.4 is 25.1 Å². The monoisotopic (exact) mass is 459 g/mol. The Labute approximate surface area is 196 Å². The molecule has 1 N–H and O–H groups in total. The summed E-state index contributed by atoms with van der Waals surface area (Å²) in [6.07, 6.45) is 1.71. The van der Waals surface area contributed by atoms with Crippen LogP contribution in [-0.4, -0.2) is 29.0 Å². The van der Waals surface area contributed by atoms with Gasteiger partial charge in [0.1, 0.15) is 29.5 Å². The summed E-state index contributed by atoms with van der Waals surface area (Å²) in [5.74, 6) is 1.56. The Morgan fingerprint density at radius 2 is 1.74 bits per heavy atom. The number of hydrogen-bond acceptors (Lipinski definition) is 6. The number of carbonyl (C=O) groups excluding carboxylic acids is 1. The fourth-order valence-corrected chi connectivity index (χ4v) is 3.33. The van der Waals surface area contributed by atoms with Crippen LogP contribution in [0.4, 0.5) is 5.69 Å². The Hall–Kier alpha value is -4.33. The summed E-state index contributed by atoms with van der Waals surface area (Å²) in [4.78, 5) is 29.2. The lowest BCUT2D eigenvalue weighted by molar-refractivity contribution is -0.118. The molecule has 0 aliphatic heterocycles. The number of aryl methyl sites for hydroxylation is 2. The van der Waals surface area contributed by atoms with Crippen LogP contribution >= 0.6 is 0 Å². The Bertz CT molecular complexity index is 1380. The number of carbonyl (C=O) groups is 1. The maximum absolute atomic E-state index is 12.4. The predicted molar refractivity (Wildman–Crippen MR) is 129 cm³/mol. The van der Waals surface area contributed by atoms with Gasteiger partial charge in [-0.3, -0.25) is 14.0 Å². The molecule has 0 aliphatic rings. The molecule has 1 amide bonds. The number of pyridine rings is 1. The molecular weight excluding hydrogens is 434 g/mol. The van der Waals surface area contributed by atoms with E-state index in [1.807, 2.05) is 32.0 Å². The standard InChI is InChI=1S/C26H25N3O5/c1-17-10-11-29-24(12-17)27-20(14-26(29)31)15-34-23-13-19(5-4-18(23)2)28-25(30)16-33-22-8-6-21(32-3)7-9-22/h4-14H,15-16H2,1-3H3,(H,28,30). The molecule has 2 aromatic heterocycles. The molecule has 0 saturated carbocycles. The van der Waals surface area contributed by atoms with Crippen molar-refractivity contribution >= 4 is 17.2 Å². The van der Waals surface area contributed by atoms with Gasteiger partial charge in [0.15, 0.2) is 6.61 Å². The van der Waals surface area contributed by atoms with Gasteiger partial charge in [0.2, 0.25) is 0 Å². The largest absolute Gasteiger partial charge is 0.497 e. The molecule has 174 valence electrons. The molecule has 8 nitrogen and oxygen atoms in total. The number of hydrogen-bond donors (Lipinski definition) is 1. The van der Waals surface area contributed by atoms with Crippen molar-refractivity contribution in [2.75, 3.05) is 19.0 Å². The van der Waals surface area contributed by atoms with Gasteiger partial charge >= 0.3 is 0 Å². The number of aromatic nitrogens is 2. The van der Waals surface area contributed by atoms with E-state index in [1.54, 1.807) is 49.7 Å². The van der Waals surface area contributed by atoms with Crippen LogP contribution in [0.2, 0.25) is 0 Å². The molecule has 8 heteroatoms. The average Bonchev–Trinajstić information content (AvgIpc) is 2.83. The lowest BCUT2D eigenvalue weighted by Gasteiger charge is -2.12. The summed E-state index contributed by atoms with van der Waals surface area (Å²) in [7, 11) is 1.59. The van der Waals surface area contributed by atoms with Crippen molar-refractivity contribution in [3.63, 3.8) is 0 Å². The molecule has 34 heavy (non-hydrogen) atoms. The van der Waals surface area contributed by atoms with Crippen LogP contribution in [0, 0.1) is 13.8 Å². The van der Waals surface area contributed by atoms with Gasteiger partial charge in [0, 0.05) is 24.0 Å². The van der Waals surface area contributed by atoms with Crippen LogP contribution in [0.1, 0.15) is 16.8 Å². The second-order valence-corrected chi connectivity index (χ2v) is 7.80. The van der Waals surface area contributed by atoms with E-state index in [4.69, 9.17) is 14.2 Å². The first-order valence-corrected chi connectivity index (χ1v) is 10.7. The third-order valence-electron chi connectivity index (χ3n) is 5.15. The first-order valence-electron chi connectivity index (χ1n) is 10.7. The predicted octanol–water partition coefficient (Wildman–Crippen LogP) is 3.92. The van der Waals surface area contributed by atoms with Crippen LogP contribution in [0.25, 0.3) is 5.65 Å². The van der Waals surface area contributed by atoms with Gasteiger partial charge in [0.25, 0.3) is 11.5 Å². The lowest BCUT2D eigenvalue weighted by Crippen LogP contribution is -2.20. The van der Waals surface area contributed by atoms with Crippen molar-refractivity contribution in [1.29, 1.82) is 0 Å². The highest BCUT2D eigenvalue weighted by Crippen LogP contribution is 2.24. The maximum Gasteiger partial charge on any atom is 0.262 e. The smallest absolute Gasteiger partial charge is 0.262 e. The number of ether oxygens (including phenoxy) is 3. The van der Waals surface area contributed by atoms with Gasteiger partial charge in [-0.25, -0.2) is 4.98 Å². The Morgan fingerprint density at radius 3 is 2.50 bits per heavy atom. The van der Waals surface area contributed by atoms with Gasteiger partial charge in [-0.15, -0.1) is 0 Å². The van der Waals surface area contributed by atoms with E-state index in [-0.39, 0.29) is 24.7 Å². The number of anilines is 1. The van der Waals surface area contributed by atoms with E-state index in [0.29, 0.717) is 34.3 Å². The van der Waals surface area contributed by atoms with Crippen LogP contribution in [0.15, 0.2) is 71.7 Å². The Morgan fingerprint density at radius 1 is 0.971 bits per heavy atom. The summed E-state index contributed by atoms with van der Waals surface area (Å²) < 4.78 is 18.0. The van der Waals surface area contributed by atoms with Gasteiger partial charge in [0.05, 0.1) is 12.8 Å². The summed E-state index contributed by atoms with van der Waals surface area (Å²) in [5, 5.41) is 2.80. The minimum atomic E-state index is -0.301. The highest BCUT2D eigenvalue weighted by Gasteiger charge is 2.09. The van der Waals surface area contributed by atoms with Crippen molar-refractivity contribution in [2.24, 2.45) is 0 Å². The number of amides is 1. The van der Waals surface area contributed by atoms with Crippen LogP contribution in [0.5, 0.6) is 17.2 Å². The van der Waals surface area contributed by atoms with E-state index in [2.05, 4.69) is 10.3 Å². The topological polar surface area (TPSA) is 91.2 Å². The van der Waals surface area contributed by atoms with E-state index in [9.17, 15) is 9.59 Å². The third kappa shape index (κ3) is 5.53. The molecule has 0 radical (unpaired) electrons. The Kier molecular flexibility index (Phi) is 6.77. The van der Waals surface area contributed by atoms with Crippen LogP contribution in [0.3, 0.4) is 0 Å². The normalized spacial score (nSPS) is 10.7. The molecule has 4 aromatic rings. The minimum absolute atomic E-state index is 0.124. The van der Waals surface area contributed by atoms with Crippen LogP contribution in [-0.2, 0) is 11.4 Å². The molecule has 2 aromatic carbocycles. The zero-order valence-corrected chi connectivity index (χ0v) is 19.2. The molecule has 4 rings (SSSR count). The van der Waals surface area contributed by atoms with Crippen molar-refractivity contribution < 1.29 is 19.0 Å². The quantitative estimate of drug-likeness (QED) is 0.430. The molecule has 0 fully saturated rings. The van der Waals surface area contributed by atoms with Crippen molar-refractivity contribution in [1.82, 2.24) is 9.38 Å². The SMILES string of the molecule is COc1ccc(OCC(=O)Nc2ccc(C)c(OCc3cc(=O)n4ccc(C)cc4n3)c2)cc1. The zero-order valence-electron chi connectivity index (χ0n) is 19.2. The number of rotatable bonds is 8. The molecular formula is C26H25N3O5. The minimum Gasteiger partial charge on any atom is -0.497 e. The summed E-state index contributed by atoms with van der Waals surface area (Å²) in [6.45, 7) is 3.83. The first-order chi connectivity index (χ1) is 16.4. The van der Waals surface area contributed by atoms with Gasteiger partial charge in [-0.2, -0.15) is 0 Å². The van der Waals surface area contributed by atoms with E-state index in [1.165, 1.54) is 10.5 Å². The van der Waals surface area contributed by atoms with Gasteiger partial charge in [-0.05, 0) is 67.4 Å². The number of nitrogens with one attached hydrogen (secondary N) is 1. The molecule has 0 atom stereocenters. The maximum atomic E-state index is 12.4. The molecule has 0 aliphatic carbocycles. The fraction of sp³-hybridized carbons (Fsp3) is 0.192. The highest BCUT2D eigenvalue weighted by molar-refractivity contribution is 5.92. The molecule has 0 spiro atoms. The summed E-state index contributed by atoms with van der Waals surface area (Å²) in [5.41, 5.74) is 3.41. The molecule has 0 saturated heterocycles. The van der Waals surface area contributed by atoms with Gasteiger partial charge in [-0.1, -0.05) is 6.07 Å². The molecule has 0 unspecified atom stereocenters. The van der Waals surface area contributed by atoms with Crippen molar-refractivity contribution in [3.8, 4) is 17.2 Å². The highest BCUT2D eigenvalue weighted by atomic mass is 16.5. The molecule has 0 bridgehead atoms. The Balaban J connectivity index is 1.39. The van der Waals surface area contributed by atoms with E-state index in [0.717, 1.165) is 11.1 Å². The fourth-order valence-electron chi connectivity index (χ4n) is 3.33. The van der Waals surface area contributed by atoms with Crippen molar-refractivity contribution in [3.05, 3.63) is 94.0 Å². The van der Waals surface area contributed by atoms with E-state index < -0.39 is 0 Å². The van der Waals surface area contributed by atoms with Gasteiger partial charge < -0.3 is 19.5 Å². The van der Waals surface area contributed by atoms with Crippen molar-refractivity contribution in [2.45, 2.75) is 20.5 Å².